The molecule has 1 amide bonds. The second kappa shape index (κ2) is 4.89. The normalized spacial score (nSPS) is 12.1. The SMILES string of the molecule is CC(COc1cc(Cl)ccc1N)C(N)=O. The molecule has 0 saturated heterocycles. The monoisotopic (exact) mass is 228 g/mol. The smallest absolute Gasteiger partial charge is 0.223 e. The van der Waals surface area contributed by atoms with Gasteiger partial charge in [0.15, 0.2) is 0 Å². The van der Waals surface area contributed by atoms with Crippen molar-refractivity contribution in [3.63, 3.8) is 0 Å². The summed E-state index contributed by atoms with van der Waals surface area (Å²) in [5, 5.41) is 0.533. The van der Waals surface area contributed by atoms with E-state index in [0.717, 1.165) is 0 Å². The van der Waals surface area contributed by atoms with Crippen molar-refractivity contribution >= 4 is 23.2 Å². The standard InChI is InChI=1S/C10H13ClN2O2/c1-6(10(13)14)5-15-9-4-7(11)2-3-8(9)12/h2-4,6H,5,12H2,1H3,(H2,13,14). The molecule has 15 heavy (non-hydrogen) atoms. The van der Waals surface area contributed by atoms with Crippen LogP contribution in [-0.2, 0) is 4.79 Å². The zero-order valence-corrected chi connectivity index (χ0v) is 9.12. The Bertz CT molecular complexity index is 368. The molecule has 0 spiro atoms. The number of nitrogen functional groups attached to an aromatic ring is 1. The van der Waals surface area contributed by atoms with Gasteiger partial charge in [-0.2, -0.15) is 0 Å². The highest BCUT2D eigenvalue weighted by molar-refractivity contribution is 6.30. The van der Waals surface area contributed by atoms with Crippen LogP contribution in [0, 0.1) is 5.92 Å². The molecule has 0 aliphatic carbocycles. The van der Waals surface area contributed by atoms with Gasteiger partial charge in [0.25, 0.3) is 0 Å². The molecule has 82 valence electrons. The van der Waals surface area contributed by atoms with Crippen LogP contribution in [-0.4, -0.2) is 12.5 Å². The minimum Gasteiger partial charge on any atom is -0.491 e. The largest absolute Gasteiger partial charge is 0.491 e. The Hall–Kier alpha value is -1.42. The molecule has 1 rings (SSSR count). The highest BCUT2D eigenvalue weighted by atomic mass is 35.5. The van der Waals surface area contributed by atoms with Crippen LogP contribution in [0.15, 0.2) is 18.2 Å². The number of ether oxygens (including phenoxy) is 1. The summed E-state index contributed by atoms with van der Waals surface area (Å²) in [6, 6.07) is 4.92. The fourth-order valence-corrected chi connectivity index (χ4v) is 1.09. The molecule has 5 heteroatoms. The first-order valence-electron chi connectivity index (χ1n) is 4.48. The zero-order valence-electron chi connectivity index (χ0n) is 8.37. The van der Waals surface area contributed by atoms with Gasteiger partial charge < -0.3 is 16.2 Å². The molecular formula is C10H13ClN2O2. The van der Waals surface area contributed by atoms with Crippen molar-refractivity contribution in [2.45, 2.75) is 6.92 Å². The van der Waals surface area contributed by atoms with E-state index in [9.17, 15) is 4.79 Å². The number of rotatable bonds is 4. The van der Waals surface area contributed by atoms with Crippen LogP contribution in [0.3, 0.4) is 0 Å². The summed E-state index contributed by atoms with van der Waals surface area (Å²) in [4.78, 5) is 10.8. The second-order valence-electron chi connectivity index (χ2n) is 3.30. The van der Waals surface area contributed by atoms with Gasteiger partial charge in [-0.05, 0) is 12.1 Å². The average molecular weight is 229 g/mol. The van der Waals surface area contributed by atoms with E-state index in [0.29, 0.717) is 16.5 Å². The predicted octanol–water partition coefficient (Wildman–Crippen LogP) is 1.42. The van der Waals surface area contributed by atoms with Crippen LogP contribution in [0.4, 0.5) is 5.69 Å². The van der Waals surface area contributed by atoms with Crippen LogP contribution >= 0.6 is 11.6 Å². The lowest BCUT2D eigenvalue weighted by Crippen LogP contribution is -2.25. The summed E-state index contributed by atoms with van der Waals surface area (Å²) < 4.78 is 5.33. The Kier molecular flexibility index (Phi) is 3.80. The molecule has 4 nitrogen and oxygen atoms in total. The number of hydrogen-bond acceptors (Lipinski definition) is 3. The Balaban J connectivity index is 2.65. The maximum Gasteiger partial charge on any atom is 0.223 e. The number of amides is 1. The van der Waals surface area contributed by atoms with E-state index in [-0.39, 0.29) is 12.5 Å². The van der Waals surface area contributed by atoms with Crippen LogP contribution < -0.4 is 16.2 Å². The van der Waals surface area contributed by atoms with E-state index in [1.807, 2.05) is 0 Å². The molecule has 1 unspecified atom stereocenters. The molecule has 1 aromatic rings. The number of nitrogens with two attached hydrogens (primary N) is 2. The number of benzene rings is 1. The topological polar surface area (TPSA) is 78.3 Å². The summed E-state index contributed by atoms with van der Waals surface area (Å²) in [7, 11) is 0. The van der Waals surface area contributed by atoms with Crippen molar-refractivity contribution in [1.82, 2.24) is 0 Å². The Morgan fingerprint density at radius 3 is 2.87 bits per heavy atom. The van der Waals surface area contributed by atoms with Crippen molar-refractivity contribution in [3.05, 3.63) is 23.2 Å². The minimum absolute atomic E-state index is 0.194. The number of halogens is 1. The summed E-state index contributed by atoms with van der Waals surface area (Å²) in [5.41, 5.74) is 11.2. The van der Waals surface area contributed by atoms with Gasteiger partial charge in [-0.15, -0.1) is 0 Å². The van der Waals surface area contributed by atoms with Crippen molar-refractivity contribution in [2.75, 3.05) is 12.3 Å². The molecule has 0 fully saturated rings. The third-order valence-electron chi connectivity index (χ3n) is 1.95. The van der Waals surface area contributed by atoms with Gasteiger partial charge in [-0.1, -0.05) is 18.5 Å². The second-order valence-corrected chi connectivity index (χ2v) is 3.73. The van der Waals surface area contributed by atoms with Crippen molar-refractivity contribution in [3.8, 4) is 5.75 Å². The van der Waals surface area contributed by atoms with E-state index < -0.39 is 5.91 Å². The number of hydrogen-bond donors (Lipinski definition) is 2. The number of carbonyl (C=O) groups excluding carboxylic acids is 1. The zero-order chi connectivity index (χ0) is 11.4. The maximum absolute atomic E-state index is 10.8. The van der Waals surface area contributed by atoms with Crippen LogP contribution in [0.2, 0.25) is 5.02 Å². The molecule has 0 aromatic heterocycles. The fourth-order valence-electron chi connectivity index (χ4n) is 0.930. The number of anilines is 1. The molecule has 1 atom stereocenters. The van der Waals surface area contributed by atoms with Gasteiger partial charge in [-0.3, -0.25) is 4.79 Å². The van der Waals surface area contributed by atoms with Gasteiger partial charge in [-0.25, -0.2) is 0 Å². The van der Waals surface area contributed by atoms with Crippen molar-refractivity contribution < 1.29 is 9.53 Å². The van der Waals surface area contributed by atoms with Crippen LogP contribution in [0.5, 0.6) is 5.75 Å². The molecule has 0 heterocycles. The van der Waals surface area contributed by atoms with E-state index in [2.05, 4.69) is 0 Å². The van der Waals surface area contributed by atoms with E-state index in [1.54, 1.807) is 25.1 Å². The lowest BCUT2D eigenvalue weighted by Gasteiger charge is -2.11. The molecule has 1 aromatic carbocycles. The lowest BCUT2D eigenvalue weighted by molar-refractivity contribution is -0.122. The molecule has 4 N–H and O–H groups in total. The van der Waals surface area contributed by atoms with E-state index >= 15 is 0 Å². The summed E-state index contributed by atoms with van der Waals surface area (Å²) in [5.74, 6) is -0.297. The minimum atomic E-state index is -0.407. The third-order valence-corrected chi connectivity index (χ3v) is 2.19. The lowest BCUT2D eigenvalue weighted by atomic mass is 10.2. The Labute approximate surface area is 93.1 Å². The quantitative estimate of drug-likeness (QED) is 0.765. The number of carbonyl (C=O) groups is 1. The number of primary amides is 1. The first-order chi connectivity index (χ1) is 7.00. The molecule has 0 aliphatic heterocycles. The fraction of sp³-hybridized carbons (Fsp3) is 0.300. The maximum atomic E-state index is 10.8. The first-order valence-corrected chi connectivity index (χ1v) is 4.85. The Morgan fingerprint density at radius 2 is 2.27 bits per heavy atom. The predicted molar refractivity (Wildman–Crippen MR) is 59.7 cm³/mol. The van der Waals surface area contributed by atoms with Gasteiger partial charge in [0.05, 0.1) is 18.2 Å². The van der Waals surface area contributed by atoms with Gasteiger partial charge in [0, 0.05) is 11.1 Å². The average Bonchev–Trinajstić information content (AvgIpc) is 2.18. The molecule has 0 aliphatic rings. The molecule has 0 radical (unpaired) electrons. The van der Waals surface area contributed by atoms with Gasteiger partial charge in [0.1, 0.15) is 5.75 Å². The first kappa shape index (κ1) is 11.7. The molecular weight excluding hydrogens is 216 g/mol. The van der Waals surface area contributed by atoms with Crippen molar-refractivity contribution in [2.24, 2.45) is 11.7 Å². The summed E-state index contributed by atoms with van der Waals surface area (Å²) in [6.45, 7) is 1.88. The van der Waals surface area contributed by atoms with E-state index in [4.69, 9.17) is 27.8 Å². The Morgan fingerprint density at radius 1 is 1.60 bits per heavy atom. The van der Waals surface area contributed by atoms with Gasteiger partial charge in [0.2, 0.25) is 5.91 Å². The third kappa shape index (κ3) is 3.32. The van der Waals surface area contributed by atoms with E-state index in [1.165, 1.54) is 0 Å². The van der Waals surface area contributed by atoms with Gasteiger partial charge >= 0.3 is 0 Å². The summed E-state index contributed by atoms with van der Waals surface area (Å²) >= 11 is 5.77. The van der Waals surface area contributed by atoms with Crippen molar-refractivity contribution in [1.29, 1.82) is 0 Å². The highest BCUT2D eigenvalue weighted by Gasteiger charge is 2.10. The highest BCUT2D eigenvalue weighted by Crippen LogP contribution is 2.25. The molecule has 0 bridgehead atoms. The van der Waals surface area contributed by atoms with Crippen LogP contribution in [0.25, 0.3) is 0 Å². The molecule has 0 saturated carbocycles. The summed E-state index contributed by atoms with van der Waals surface area (Å²) in [6.07, 6.45) is 0. The van der Waals surface area contributed by atoms with Crippen LogP contribution in [0.1, 0.15) is 6.92 Å².